The highest BCUT2D eigenvalue weighted by atomic mass is 16.6. The van der Waals surface area contributed by atoms with Crippen molar-refractivity contribution in [1.82, 2.24) is 119 Å². The van der Waals surface area contributed by atoms with E-state index < -0.39 is 17.3 Å². The molecule has 0 spiro atoms. The van der Waals surface area contributed by atoms with E-state index in [0.717, 1.165) is 198 Å². The van der Waals surface area contributed by atoms with E-state index in [9.17, 15) is 14.4 Å². The van der Waals surface area contributed by atoms with E-state index in [1.807, 2.05) is 96.4 Å². The van der Waals surface area contributed by atoms with Crippen LogP contribution in [0.5, 0.6) is 24.0 Å². The second-order valence-corrected chi connectivity index (χ2v) is 35.4. The molecule has 11 N–H and O–H groups in total. The number of likely N-dealkylation sites (N-methyl/N-ethyl adjacent to an activating group) is 4. The van der Waals surface area contributed by atoms with Crippen molar-refractivity contribution in [2.45, 2.75) is 261 Å². The Kier molecular flexibility index (Phi) is 39.7. The highest BCUT2D eigenvalue weighted by Crippen LogP contribution is 2.30. The molecule has 686 valence electrons. The van der Waals surface area contributed by atoms with Gasteiger partial charge in [-0.1, -0.05) is 53.4 Å². The Balaban J connectivity index is 0.000000196. The second-order valence-electron chi connectivity index (χ2n) is 35.4. The van der Waals surface area contributed by atoms with E-state index >= 15 is 0 Å². The SMILES string of the molecule is CCC[C@H](C)Oc1nc(N)c2ncc(CC3CCN(CCN(C)C(=O)OC(C)(C)C)CC3)n2n1.CCC[C@H](C)Oc1nc(N)c2ncc(CC3CCN(CCNC)CC3)n2n1.CCC[C@H](C)Oc1nc(N)c2ncc(CC3CCN(CCNC)CC3)n2n1.CCC[C@H](C)Oc1nc(N)c2ncc(CC3CCNCC3)n2n1.CN(CC=O)C(=O)OC(C)(C)C. The average Bonchev–Trinajstić information content (AvgIpc) is 1.68. The number of piperidine rings is 4. The Labute approximate surface area is 728 Å². The Morgan fingerprint density at radius 3 is 0.984 bits per heavy atom. The molecule has 37 heteroatoms. The summed E-state index contributed by atoms with van der Waals surface area (Å²) in [6, 6.07) is 1.30. The van der Waals surface area contributed by atoms with Crippen molar-refractivity contribution < 1.29 is 42.8 Å². The van der Waals surface area contributed by atoms with Crippen molar-refractivity contribution in [2.24, 2.45) is 23.7 Å². The predicted octanol–water partition coefficient (Wildman–Crippen LogP) is 9.76. The highest BCUT2D eigenvalue weighted by molar-refractivity contribution is 5.71. The Morgan fingerprint density at radius 2 is 0.724 bits per heavy atom. The minimum Gasteiger partial charge on any atom is -0.459 e. The van der Waals surface area contributed by atoms with Gasteiger partial charge in [0.05, 0.1) is 78.5 Å². The standard InChI is InChI=1S/C24H41N7O3.2C19H33N7O.C16H26N6O.C8H15NO3/c1-7-8-17(2)33-22-27-20(25)21-26-16-19(31(21)28-22)15-18-9-11-30(12-10-18)14-13-29(6)23(32)34-24(3,4)5;2*1-4-5-14(2)27-19-23-17(20)18-22-13-16(26(18)24-19)12-15-6-9-25(10-7-15)11-8-21-3;1-3-4-11(2)23-16-20-14(17)15-19-10-13(22(15)21-16)9-12-5-7-18-8-6-12;1-8(2,3)12-7(11)9(4)5-6-10/h16-18H,7-15H2,1-6H3,(H2,25,27,28);2*13-15,21H,4-12H2,1-3H3,(H2,20,23,24);10-12,18H,3-9H2,1-2H3,(H2,17,20,21);6H,5H2,1-4H3/t17-;2*14-;11-;/m0000./s1. The molecule has 12 heterocycles. The zero-order chi connectivity index (χ0) is 89.3. The van der Waals surface area contributed by atoms with E-state index in [1.54, 1.807) is 41.7 Å². The maximum absolute atomic E-state index is 12.2. The number of likely N-dealkylation sites (tertiary alicyclic amines) is 3. The molecule has 123 heavy (non-hydrogen) atoms. The van der Waals surface area contributed by atoms with Crippen LogP contribution in [0.25, 0.3) is 22.6 Å². The number of carbonyl (C=O) groups is 3. The van der Waals surface area contributed by atoms with E-state index in [1.165, 1.54) is 50.5 Å². The van der Waals surface area contributed by atoms with Crippen molar-refractivity contribution in [2.75, 3.05) is 149 Å². The first-order chi connectivity index (χ1) is 58.8. The number of nitrogens with zero attached hydrogens (tertiary/aromatic N) is 21. The zero-order valence-electron chi connectivity index (χ0n) is 77.1. The number of aromatic nitrogens is 16. The number of rotatable bonds is 35. The van der Waals surface area contributed by atoms with Crippen LogP contribution in [-0.4, -0.2) is 283 Å². The van der Waals surface area contributed by atoms with Crippen LogP contribution in [0.4, 0.5) is 32.9 Å². The summed E-state index contributed by atoms with van der Waals surface area (Å²) in [4.78, 5) is 78.4. The average molecular weight is 1720 g/mol. The van der Waals surface area contributed by atoms with E-state index in [4.69, 9.17) is 51.4 Å². The molecule has 4 aliphatic rings. The fourth-order valence-corrected chi connectivity index (χ4v) is 15.4. The topological polar surface area (TPSA) is 435 Å². The van der Waals surface area contributed by atoms with Gasteiger partial charge in [-0.2, -0.15) is 19.9 Å². The molecule has 0 unspecified atom stereocenters. The summed E-state index contributed by atoms with van der Waals surface area (Å²) in [6.45, 7) is 42.3. The van der Waals surface area contributed by atoms with Crippen molar-refractivity contribution in [3.8, 4) is 24.0 Å². The van der Waals surface area contributed by atoms with Crippen LogP contribution < -0.4 is 57.8 Å². The van der Waals surface area contributed by atoms with Crippen LogP contribution in [0.2, 0.25) is 0 Å². The summed E-state index contributed by atoms with van der Waals surface area (Å²) >= 11 is 0. The molecule has 12 rings (SSSR count). The number of fused-ring (bicyclic) bond motifs is 4. The smallest absolute Gasteiger partial charge is 0.410 e. The third-order valence-electron chi connectivity index (χ3n) is 22.2. The summed E-state index contributed by atoms with van der Waals surface area (Å²) < 4.78 is 41.0. The molecule has 2 amide bonds. The van der Waals surface area contributed by atoms with Gasteiger partial charge in [0.2, 0.25) is 0 Å². The molecule has 0 radical (unpaired) electrons. The molecule has 8 aromatic rings. The van der Waals surface area contributed by atoms with Gasteiger partial charge in [-0.25, -0.2) is 47.6 Å². The fraction of sp³-hybridized carbons (Fsp3) is 0.733. The predicted molar refractivity (Wildman–Crippen MR) is 480 cm³/mol. The second kappa shape index (κ2) is 49.3. The minimum atomic E-state index is -0.506. The lowest BCUT2D eigenvalue weighted by atomic mass is 9.92. The van der Waals surface area contributed by atoms with Crippen molar-refractivity contribution >= 4 is 64.3 Å². The third kappa shape index (κ3) is 32.3. The monoisotopic (exact) mass is 1720 g/mol. The number of anilines is 4. The Bertz CT molecular complexity index is 4330. The largest absolute Gasteiger partial charge is 0.459 e. The first-order valence-corrected chi connectivity index (χ1v) is 45.0. The van der Waals surface area contributed by atoms with Crippen molar-refractivity contribution in [3.05, 3.63) is 47.6 Å². The number of ether oxygens (including phenoxy) is 6. The first kappa shape index (κ1) is 99.0. The number of hydrogen-bond acceptors (Lipinski definition) is 31. The molecule has 4 atom stereocenters. The zero-order valence-corrected chi connectivity index (χ0v) is 77.1. The van der Waals surface area contributed by atoms with Gasteiger partial charge in [0, 0.05) is 53.4 Å². The van der Waals surface area contributed by atoms with Crippen LogP contribution in [0.1, 0.15) is 222 Å². The highest BCUT2D eigenvalue weighted by Gasteiger charge is 2.29. The molecular formula is C86H148N28O9. The lowest BCUT2D eigenvalue weighted by Gasteiger charge is -2.33. The molecule has 0 aliphatic carbocycles. The molecule has 4 aliphatic heterocycles. The quantitative estimate of drug-likeness (QED) is 0.0182. The number of imidazole rings is 4. The van der Waals surface area contributed by atoms with E-state index in [-0.39, 0.29) is 37.1 Å². The van der Waals surface area contributed by atoms with Crippen molar-refractivity contribution in [1.29, 1.82) is 0 Å². The van der Waals surface area contributed by atoms with Crippen LogP contribution in [0.3, 0.4) is 0 Å². The summed E-state index contributed by atoms with van der Waals surface area (Å²) in [5, 5.41) is 28.0. The number of nitrogens with one attached hydrogen (secondary N) is 3. The summed E-state index contributed by atoms with van der Waals surface area (Å²) in [5.41, 5.74) is 30.1. The lowest BCUT2D eigenvalue weighted by molar-refractivity contribution is -0.108. The minimum absolute atomic E-state index is 0.0347. The number of aldehydes is 1. The molecule has 37 nitrogen and oxygen atoms in total. The van der Waals surface area contributed by atoms with Gasteiger partial charge in [0.1, 0.15) is 17.5 Å². The maximum Gasteiger partial charge on any atom is 0.410 e. The van der Waals surface area contributed by atoms with Crippen LogP contribution >= 0.6 is 0 Å². The summed E-state index contributed by atoms with van der Waals surface area (Å²) in [6.07, 6.45) is 28.8. The van der Waals surface area contributed by atoms with Gasteiger partial charge in [-0.05, 0) is 262 Å². The van der Waals surface area contributed by atoms with Crippen LogP contribution in [0, 0.1) is 23.7 Å². The molecule has 8 aromatic heterocycles. The number of carbonyl (C=O) groups excluding carboxylic acids is 3. The van der Waals surface area contributed by atoms with Gasteiger partial charge in [-0.15, -0.1) is 20.4 Å². The third-order valence-corrected chi connectivity index (χ3v) is 22.2. The normalized spacial score (nSPS) is 16.5. The van der Waals surface area contributed by atoms with Crippen LogP contribution in [-0.2, 0) is 40.0 Å². The number of nitrogens with two attached hydrogens (primary N) is 4. The van der Waals surface area contributed by atoms with Gasteiger partial charge in [-0.3, -0.25) is 0 Å². The maximum atomic E-state index is 12.2. The molecular weight excluding hydrogens is 1570 g/mol. The fourth-order valence-electron chi connectivity index (χ4n) is 15.4. The molecule has 4 fully saturated rings. The van der Waals surface area contributed by atoms with Crippen molar-refractivity contribution in [3.63, 3.8) is 0 Å². The Hall–Kier alpha value is -9.43. The molecule has 0 bridgehead atoms. The van der Waals surface area contributed by atoms with Gasteiger partial charge in [0.25, 0.3) is 0 Å². The summed E-state index contributed by atoms with van der Waals surface area (Å²) in [5.74, 6) is 3.95. The number of nitrogen functional groups attached to an aromatic ring is 4. The van der Waals surface area contributed by atoms with E-state index in [2.05, 4.69) is 119 Å². The summed E-state index contributed by atoms with van der Waals surface area (Å²) in [7, 11) is 7.32. The van der Waals surface area contributed by atoms with E-state index in [0.29, 0.717) is 106 Å². The first-order valence-electron chi connectivity index (χ1n) is 45.0. The molecule has 4 saturated heterocycles. The lowest BCUT2D eigenvalue weighted by Crippen LogP contribution is -2.42. The molecule has 0 saturated carbocycles. The number of hydrogen-bond donors (Lipinski definition) is 7. The molecule has 0 aromatic carbocycles. The van der Waals surface area contributed by atoms with Gasteiger partial charge < -0.3 is 96.6 Å². The Morgan fingerprint density at radius 1 is 0.455 bits per heavy atom. The number of amides is 2. The van der Waals surface area contributed by atoms with Crippen LogP contribution in [0.15, 0.2) is 24.8 Å². The van der Waals surface area contributed by atoms with Gasteiger partial charge >= 0.3 is 36.2 Å². The van der Waals surface area contributed by atoms with Gasteiger partial charge in [0.15, 0.2) is 45.9 Å².